The summed E-state index contributed by atoms with van der Waals surface area (Å²) in [6.07, 6.45) is 1.61. The van der Waals surface area contributed by atoms with Crippen molar-refractivity contribution in [3.8, 4) is 0 Å². The van der Waals surface area contributed by atoms with Gasteiger partial charge < -0.3 is 10.6 Å². The van der Waals surface area contributed by atoms with E-state index in [2.05, 4.69) is 17.2 Å². The van der Waals surface area contributed by atoms with Gasteiger partial charge in [0.05, 0.1) is 20.8 Å². The molecule has 0 aromatic heterocycles. The Morgan fingerprint density at radius 3 is 2.56 bits per heavy atom. The first kappa shape index (κ1) is 15.2. The fourth-order valence-electron chi connectivity index (χ4n) is 1.26. The molecule has 6 heteroatoms. The van der Waals surface area contributed by atoms with Crippen LogP contribution in [-0.2, 0) is 4.79 Å². The van der Waals surface area contributed by atoms with Gasteiger partial charge in [0.15, 0.2) is 0 Å². The van der Waals surface area contributed by atoms with Crippen molar-refractivity contribution in [1.29, 1.82) is 0 Å². The van der Waals surface area contributed by atoms with E-state index >= 15 is 0 Å². The lowest BCUT2D eigenvalue weighted by Crippen LogP contribution is -2.37. The number of nitrogens with one attached hydrogen (secondary N) is 2. The van der Waals surface area contributed by atoms with E-state index in [-0.39, 0.29) is 5.91 Å². The van der Waals surface area contributed by atoms with Crippen LogP contribution in [0.25, 0.3) is 0 Å². The van der Waals surface area contributed by atoms with Crippen molar-refractivity contribution in [3.05, 3.63) is 39.9 Å². The van der Waals surface area contributed by atoms with Gasteiger partial charge in [-0.3, -0.25) is 4.79 Å². The smallest absolute Gasteiger partial charge is 0.242 e. The maximum absolute atomic E-state index is 11.6. The molecule has 1 amide bonds. The zero-order chi connectivity index (χ0) is 13.7. The molecule has 0 fully saturated rings. The topological polar surface area (TPSA) is 41.1 Å². The SMILES string of the molecule is C=CCNC(=O)C(C)Nc1cc(Cl)c(Cl)cc1Cl. The molecule has 1 rings (SSSR count). The molecule has 1 atom stereocenters. The Labute approximate surface area is 121 Å². The Balaban J connectivity index is 2.75. The predicted molar refractivity (Wildman–Crippen MR) is 77.8 cm³/mol. The first-order valence-corrected chi connectivity index (χ1v) is 6.38. The van der Waals surface area contributed by atoms with E-state index in [1.807, 2.05) is 0 Å². The standard InChI is InChI=1S/C12H13Cl3N2O/c1-3-4-16-12(18)7(2)17-11-6-9(14)8(13)5-10(11)15/h3,5-7,17H,1,4H2,2H3,(H,16,18). The number of carbonyl (C=O) groups is 1. The molecule has 1 aromatic rings. The molecule has 2 N–H and O–H groups in total. The van der Waals surface area contributed by atoms with E-state index in [9.17, 15) is 4.79 Å². The van der Waals surface area contributed by atoms with Gasteiger partial charge in [-0.15, -0.1) is 6.58 Å². The number of amides is 1. The summed E-state index contributed by atoms with van der Waals surface area (Å²) < 4.78 is 0. The van der Waals surface area contributed by atoms with Crippen molar-refractivity contribution in [2.75, 3.05) is 11.9 Å². The summed E-state index contributed by atoms with van der Waals surface area (Å²) in [6.45, 7) is 5.66. The molecular weight excluding hydrogens is 295 g/mol. The highest BCUT2D eigenvalue weighted by Gasteiger charge is 2.14. The van der Waals surface area contributed by atoms with E-state index in [4.69, 9.17) is 34.8 Å². The molecule has 18 heavy (non-hydrogen) atoms. The maximum Gasteiger partial charge on any atom is 0.242 e. The molecule has 0 saturated carbocycles. The predicted octanol–water partition coefficient (Wildman–Crippen LogP) is 3.75. The van der Waals surface area contributed by atoms with Crippen LogP contribution in [0.4, 0.5) is 5.69 Å². The summed E-state index contributed by atoms with van der Waals surface area (Å²) in [6, 6.07) is 2.67. The minimum Gasteiger partial charge on any atom is -0.373 e. The van der Waals surface area contributed by atoms with E-state index < -0.39 is 6.04 Å². The van der Waals surface area contributed by atoms with Crippen LogP contribution in [-0.4, -0.2) is 18.5 Å². The van der Waals surface area contributed by atoms with Crippen molar-refractivity contribution in [1.82, 2.24) is 5.32 Å². The summed E-state index contributed by atoms with van der Waals surface area (Å²) in [4.78, 5) is 11.6. The van der Waals surface area contributed by atoms with Crippen molar-refractivity contribution in [2.45, 2.75) is 13.0 Å². The quantitative estimate of drug-likeness (QED) is 0.642. The normalized spacial score (nSPS) is 11.8. The molecule has 0 aliphatic carbocycles. The summed E-state index contributed by atoms with van der Waals surface area (Å²) in [5, 5.41) is 6.80. The second kappa shape index (κ2) is 6.88. The lowest BCUT2D eigenvalue weighted by atomic mass is 10.2. The molecule has 0 spiro atoms. The zero-order valence-corrected chi connectivity index (χ0v) is 12.0. The third kappa shape index (κ3) is 4.09. The molecule has 98 valence electrons. The Bertz CT molecular complexity index is 463. The molecule has 0 bridgehead atoms. The van der Waals surface area contributed by atoms with Crippen LogP contribution < -0.4 is 10.6 Å². The summed E-state index contributed by atoms with van der Waals surface area (Å²) in [7, 11) is 0. The number of anilines is 1. The second-order valence-corrected chi connectivity index (χ2v) is 4.87. The van der Waals surface area contributed by atoms with Crippen molar-refractivity contribution in [2.24, 2.45) is 0 Å². The van der Waals surface area contributed by atoms with Gasteiger partial charge in [0.2, 0.25) is 5.91 Å². The van der Waals surface area contributed by atoms with Gasteiger partial charge in [-0.25, -0.2) is 0 Å². The molecular formula is C12H13Cl3N2O. The van der Waals surface area contributed by atoms with Crippen molar-refractivity contribution >= 4 is 46.4 Å². The monoisotopic (exact) mass is 306 g/mol. The van der Waals surface area contributed by atoms with E-state index in [1.54, 1.807) is 19.1 Å². The third-order valence-corrected chi connectivity index (χ3v) is 3.23. The Kier molecular flexibility index (Phi) is 5.79. The summed E-state index contributed by atoms with van der Waals surface area (Å²) >= 11 is 17.7. The fourth-order valence-corrected chi connectivity index (χ4v) is 1.86. The number of carbonyl (C=O) groups excluding carboxylic acids is 1. The number of rotatable bonds is 5. The molecule has 3 nitrogen and oxygen atoms in total. The average molecular weight is 308 g/mol. The highest BCUT2D eigenvalue weighted by molar-refractivity contribution is 6.44. The maximum atomic E-state index is 11.6. The summed E-state index contributed by atoms with van der Waals surface area (Å²) in [5.74, 6) is -0.156. The van der Waals surface area contributed by atoms with Crippen LogP contribution in [0.2, 0.25) is 15.1 Å². The number of benzene rings is 1. The molecule has 0 saturated heterocycles. The van der Waals surface area contributed by atoms with Crippen LogP contribution in [0.15, 0.2) is 24.8 Å². The lowest BCUT2D eigenvalue weighted by Gasteiger charge is -2.16. The molecule has 1 aromatic carbocycles. The highest BCUT2D eigenvalue weighted by Crippen LogP contribution is 2.32. The van der Waals surface area contributed by atoms with Crippen LogP contribution in [0, 0.1) is 0 Å². The second-order valence-electron chi connectivity index (χ2n) is 3.65. The minimum absolute atomic E-state index is 0.156. The molecule has 0 aliphatic rings. The fraction of sp³-hybridized carbons (Fsp3) is 0.250. The molecule has 1 unspecified atom stereocenters. The number of hydrogen-bond donors (Lipinski definition) is 2. The van der Waals surface area contributed by atoms with Crippen molar-refractivity contribution in [3.63, 3.8) is 0 Å². The van der Waals surface area contributed by atoms with Gasteiger partial charge in [-0.2, -0.15) is 0 Å². The lowest BCUT2D eigenvalue weighted by molar-refractivity contribution is -0.121. The largest absolute Gasteiger partial charge is 0.373 e. The van der Waals surface area contributed by atoms with Crippen LogP contribution in [0.5, 0.6) is 0 Å². The molecule has 0 radical (unpaired) electrons. The third-order valence-electron chi connectivity index (χ3n) is 2.20. The van der Waals surface area contributed by atoms with Crippen molar-refractivity contribution < 1.29 is 4.79 Å². The zero-order valence-electron chi connectivity index (χ0n) is 9.77. The van der Waals surface area contributed by atoms with Gasteiger partial charge in [-0.05, 0) is 19.1 Å². The van der Waals surface area contributed by atoms with E-state index in [0.717, 1.165) is 0 Å². The summed E-state index contributed by atoms with van der Waals surface area (Å²) in [5.41, 5.74) is 0.562. The van der Waals surface area contributed by atoms with Gasteiger partial charge in [0.25, 0.3) is 0 Å². The van der Waals surface area contributed by atoms with Gasteiger partial charge in [0, 0.05) is 6.54 Å². The Hall–Kier alpha value is -0.900. The van der Waals surface area contributed by atoms with Gasteiger partial charge in [0.1, 0.15) is 6.04 Å². The van der Waals surface area contributed by atoms with E-state index in [0.29, 0.717) is 27.3 Å². The molecule has 0 heterocycles. The van der Waals surface area contributed by atoms with Gasteiger partial charge in [-0.1, -0.05) is 40.9 Å². The van der Waals surface area contributed by atoms with Crippen LogP contribution in [0.1, 0.15) is 6.92 Å². The average Bonchev–Trinajstić information content (AvgIpc) is 2.32. The number of halogens is 3. The first-order chi connectivity index (χ1) is 8.45. The van der Waals surface area contributed by atoms with Gasteiger partial charge >= 0.3 is 0 Å². The van der Waals surface area contributed by atoms with E-state index in [1.165, 1.54) is 6.07 Å². The molecule has 0 aliphatic heterocycles. The van der Waals surface area contributed by atoms with Crippen LogP contribution in [0.3, 0.4) is 0 Å². The Morgan fingerprint density at radius 2 is 1.94 bits per heavy atom. The van der Waals surface area contributed by atoms with Crippen LogP contribution >= 0.6 is 34.8 Å². The number of hydrogen-bond acceptors (Lipinski definition) is 2. The first-order valence-electron chi connectivity index (χ1n) is 5.25. The highest BCUT2D eigenvalue weighted by atomic mass is 35.5. The minimum atomic E-state index is -0.445. The Morgan fingerprint density at radius 1 is 1.33 bits per heavy atom.